The van der Waals surface area contributed by atoms with E-state index in [9.17, 15) is 22.4 Å². The van der Waals surface area contributed by atoms with Crippen molar-refractivity contribution in [1.82, 2.24) is 4.90 Å². The number of amides is 1. The average Bonchev–Trinajstić information content (AvgIpc) is 3.10. The molecule has 0 spiro atoms. The van der Waals surface area contributed by atoms with Crippen molar-refractivity contribution < 1.29 is 27.1 Å². The highest BCUT2D eigenvalue weighted by Crippen LogP contribution is 2.37. The van der Waals surface area contributed by atoms with Crippen molar-refractivity contribution in [2.75, 3.05) is 6.54 Å². The Kier molecular flexibility index (Phi) is 6.21. The molecule has 0 unspecified atom stereocenters. The van der Waals surface area contributed by atoms with Crippen LogP contribution in [0, 0.1) is 17.6 Å². The zero-order valence-electron chi connectivity index (χ0n) is 17.1. The number of hydrogen-bond acceptors (Lipinski definition) is 2. The molecule has 0 N–H and O–H groups in total. The van der Waals surface area contributed by atoms with Gasteiger partial charge in [-0.2, -0.15) is 0 Å². The van der Waals surface area contributed by atoms with Crippen LogP contribution >= 0.6 is 0 Å². The molecular formula is C24H25F4NO2. The first-order valence-corrected chi connectivity index (χ1v) is 10.7. The Labute approximate surface area is 179 Å². The molecule has 0 aromatic heterocycles. The third-order valence-electron chi connectivity index (χ3n) is 6.29. The Balaban J connectivity index is 1.38. The lowest BCUT2D eigenvalue weighted by Gasteiger charge is -2.34. The van der Waals surface area contributed by atoms with Gasteiger partial charge in [0.2, 0.25) is 11.8 Å². The van der Waals surface area contributed by atoms with Crippen molar-refractivity contribution in [3.05, 3.63) is 65.2 Å². The van der Waals surface area contributed by atoms with Gasteiger partial charge in [0.25, 0.3) is 0 Å². The standard InChI is InChI=1S/C24H25F4NO2/c25-21-13-19(31-15-16-4-2-1-3-5-16)14-22(26)20(21)12-17-8-11-29(23(17)30)18-6-9-24(27,28)10-7-18/h1-5,13-14,17-18H,6-12,15H2/t17-/m0/s1. The summed E-state index contributed by atoms with van der Waals surface area (Å²) in [6.45, 7) is 0.636. The summed E-state index contributed by atoms with van der Waals surface area (Å²) < 4.78 is 61.6. The first-order valence-electron chi connectivity index (χ1n) is 10.7. The van der Waals surface area contributed by atoms with Gasteiger partial charge in [0.15, 0.2) is 0 Å². The summed E-state index contributed by atoms with van der Waals surface area (Å²) in [7, 11) is 0. The average molecular weight is 435 g/mol. The second kappa shape index (κ2) is 8.89. The molecule has 1 saturated heterocycles. The van der Waals surface area contributed by atoms with Crippen LogP contribution in [0.15, 0.2) is 42.5 Å². The lowest BCUT2D eigenvalue weighted by Crippen LogP contribution is -2.42. The van der Waals surface area contributed by atoms with Gasteiger partial charge in [-0.05, 0) is 31.2 Å². The van der Waals surface area contributed by atoms with E-state index in [1.807, 2.05) is 30.3 Å². The van der Waals surface area contributed by atoms with Crippen molar-refractivity contribution in [2.45, 2.75) is 57.1 Å². The summed E-state index contributed by atoms with van der Waals surface area (Å²) in [5, 5.41) is 0. The molecule has 1 atom stereocenters. The molecule has 1 amide bonds. The van der Waals surface area contributed by atoms with Crippen LogP contribution in [-0.2, 0) is 17.8 Å². The Hall–Kier alpha value is -2.57. The van der Waals surface area contributed by atoms with Crippen LogP contribution < -0.4 is 4.74 Å². The summed E-state index contributed by atoms with van der Waals surface area (Å²) in [6.07, 6.45) is 0.509. The van der Waals surface area contributed by atoms with E-state index in [-0.39, 0.29) is 62.0 Å². The van der Waals surface area contributed by atoms with Crippen molar-refractivity contribution in [1.29, 1.82) is 0 Å². The van der Waals surface area contributed by atoms with Gasteiger partial charge in [0.1, 0.15) is 24.0 Å². The number of nitrogens with zero attached hydrogens (tertiary/aromatic N) is 1. The second-order valence-electron chi connectivity index (χ2n) is 8.45. The maximum atomic E-state index is 14.6. The Bertz CT molecular complexity index is 901. The monoisotopic (exact) mass is 435 g/mol. The van der Waals surface area contributed by atoms with Gasteiger partial charge in [-0.1, -0.05) is 30.3 Å². The number of benzene rings is 2. The maximum Gasteiger partial charge on any atom is 0.248 e. The molecule has 1 heterocycles. The molecule has 2 aromatic rings. The van der Waals surface area contributed by atoms with Gasteiger partial charge in [-0.25, -0.2) is 17.6 Å². The predicted molar refractivity (Wildman–Crippen MR) is 108 cm³/mol. The molecule has 2 aromatic carbocycles. The quantitative estimate of drug-likeness (QED) is 0.560. The summed E-state index contributed by atoms with van der Waals surface area (Å²) >= 11 is 0. The summed E-state index contributed by atoms with van der Waals surface area (Å²) in [5.74, 6) is -4.79. The fourth-order valence-electron chi connectivity index (χ4n) is 4.50. The first kappa shape index (κ1) is 21.7. The van der Waals surface area contributed by atoms with Gasteiger partial charge >= 0.3 is 0 Å². The minimum Gasteiger partial charge on any atom is -0.489 e. The van der Waals surface area contributed by atoms with Crippen LogP contribution in [0.5, 0.6) is 5.75 Å². The van der Waals surface area contributed by atoms with Gasteiger partial charge in [-0.3, -0.25) is 4.79 Å². The third kappa shape index (κ3) is 5.02. The molecule has 7 heteroatoms. The van der Waals surface area contributed by atoms with E-state index in [1.165, 1.54) is 0 Å². The minimum atomic E-state index is -2.66. The smallest absolute Gasteiger partial charge is 0.248 e. The van der Waals surface area contributed by atoms with E-state index in [2.05, 4.69) is 0 Å². The lowest BCUT2D eigenvalue weighted by molar-refractivity contribution is -0.135. The normalized spacial score (nSPS) is 21.5. The van der Waals surface area contributed by atoms with Crippen LogP contribution in [0.25, 0.3) is 0 Å². The Morgan fingerprint density at radius 2 is 1.65 bits per heavy atom. The molecule has 1 aliphatic carbocycles. The van der Waals surface area contributed by atoms with Crippen molar-refractivity contribution in [2.24, 2.45) is 5.92 Å². The predicted octanol–water partition coefficient (Wildman–Crippen LogP) is 5.51. The molecule has 1 saturated carbocycles. The van der Waals surface area contributed by atoms with Gasteiger partial charge < -0.3 is 9.64 Å². The van der Waals surface area contributed by atoms with E-state index >= 15 is 0 Å². The SMILES string of the molecule is O=C1[C@H](Cc2c(F)cc(OCc3ccccc3)cc2F)CCN1C1CCC(F)(F)CC1. The molecule has 166 valence electrons. The van der Waals surface area contributed by atoms with Crippen molar-refractivity contribution >= 4 is 5.91 Å². The number of halogens is 4. The van der Waals surface area contributed by atoms with E-state index in [4.69, 9.17) is 4.74 Å². The van der Waals surface area contributed by atoms with E-state index < -0.39 is 23.5 Å². The van der Waals surface area contributed by atoms with Crippen LogP contribution in [0.4, 0.5) is 17.6 Å². The number of carbonyl (C=O) groups is 1. The first-order chi connectivity index (χ1) is 14.8. The summed E-state index contributed by atoms with van der Waals surface area (Å²) in [6, 6.07) is 11.3. The van der Waals surface area contributed by atoms with Gasteiger partial charge in [0, 0.05) is 49.0 Å². The molecule has 0 bridgehead atoms. The minimum absolute atomic E-state index is 0.0468. The number of likely N-dealkylation sites (tertiary alicyclic amines) is 1. The second-order valence-corrected chi connectivity index (χ2v) is 8.45. The fraction of sp³-hybridized carbons (Fsp3) is 0.458. The summed E-state index contributed by atoms with van der Waals surface area (Å²) in [4.78, 5) is 14.4. The van der Waals surface area contributed by atoms with E-state index in [1.54, 1.807) is 4.90 Å². The topological polar surface area (TPSA) is 29.5 Å². The summed E-state index contributed by atoms with van der Waals surface area (Å²) in [5.41, 5.74) is 0.743. The van der Waals surface area contributed by atoms with Crippen molar-refractivity contribution in [3.8, 4) is 5.75 Å². The number of rotatable bonds is 6. The van der Waals surface area contributed by atoms with E-state index in [0.29, 0.717) is 13.0 Å². The fourth-order valence-corrected chi connectivity index (χ4v) is 4.50. The van der Waals surface area contributed by atoms with Crippen LogP contribution in [-0.4, -0.2) is 29.3 Å². The van der Waals surface area contributed by atoms with Crippen molar-refractivity contribution in [3.63, 3.8) is 0 Å². The lowest BCUT2D eigenvalue weighted by atomic mass is 9.91. The van der Waals surface area contributed by atoms with Crippen LogP contribution in [0.1, 0.15) is 43.2 Å². The Morgan fingerprint density at radius 1 is 1.00 bits per heavy atom. The highest BCUT2D eigenvalue weighted by Gasteiger charge is 2.42. The number of ether oxygens (including phenoxy) is 1. The van der Waals surface area contributed by atoms with Crippen LogP contribution in [0.3, 0.4) is 0 Å². The molecule has 2 aliphatic rings. The molecule has 31 heavy (non-hydrogen) atoms. The molecule has 0 radical (unpaired) electrons. The number of carbonyl (C=O) groups excluding carboxylic acids is 1. The highest BCUT2D eigenvalue weighted by molar-refractivity contribution is 5.81. The highest BCUT2D eigenvalue weighted by atomic mass is 19.3. The zero-order valence-corrected chi connectivity index (χ0v) is 17.1. The molecule has 1 aliphatic heterocycles. The largest absolute Gasteiger partial charge is 0.489 e. The molecule has 4 rings (SSSR count). The van der Waals surface area contributed by atoms with Crippen LogP contribution in [0.2, 0.25) is 0 Å². The number of hydrogen-bond donors (Lipinski definition) is 0. The molecule has 3 nitrogen and oxygen atoms in total. The van der Waals surface area contributed by atoms with Gasteiger partial charge in [-0.15, -0.1) is 0 Å². The number of alkyl halides is 2. The molecule has 2 fully saturated rings. The van der Waals surface area contributed by atoms with E-state index in [0.717, 1.165) is 17.7 Å². The third-order valence-corrected chi connectivity index (χ3v) is 6.29. The molecular weight excluding hydrogens is 410 g/mol. The Morgan fingerprint density at radius 3 is 2.29 bits per heavy atom. The zero-order chi connectivity index (χ0) is 22.0. The maximum absolute atomic E-state index is 14.6. The van der Waals surface area contributed by atoms with Gasteiger partial charge in [0.05, 0.1) is 0 Å².